The van der Waals surface area contributed by atoms with Crippen LogP contribution in [0, 0.1) is 11.6 Å². The summed E-state index contributed by atoms with van der Waals surface area (Å²) in [6.45, 7) is 0.360. The molecule has 0 fully saturated rings. The Morgan fingerprint density at radius 2 is 1.80 bits per heavy atom. The van der Waals surface area contributed by atoms with E-state index in [4.69, 9.17) is 27.9 Å². The van der Waals surface area contributed by atoms with Crippen molar-refractivity contribution in [3.05, 3.63) is 57.6 Å². The summed E-state index contributed by atoms with van der Waals surface area (Å²) in [7, 11) is 1.71. The summed E-state index contributed by atoms with van der Waals surface area (Å²) in [6, 6.07) is 6.61. The van der Waals surface area contributed by atoms with Gasteiger partial charge in [-0.2, -0.15) is 0 Å². The molecule has 0 saturated carbocycles. The summed E-state index contributed by atoms with van der Waals surface area (Å²) in [5.74, 6) is -0.879. The zero-order valence-corrected chi connectivity index (χ0v) is 12.0. The summed E-state index contributed by atoms with van der Waals surface area (Å²) in [5.41, 5.74) is 0.531. The Labute approximate surface area is 125 Å². The second kappa shape index (κ2) is 6.39. The maximum atomic E-state index is 13.7. The predicted molar refractivity (Wildman–Crippen MR) is 75.7 cm³/mol. The number of nitrogens with one attached hydrogen (secondary N) is 1. The second-order valence-electron chi connectivity index (χ2n) is 4.08. The highest BCUT2D eigenvalue weighted by atomic mass is 35.5. The molecule has 0 aliphatic carbocycles. The van der Waals surface area contributed by atoms with Crippen LogP contribution in [-0.4, -0.2) is 7.05 Å². The minimum Gasteiger partial charge on any atom is -0.454 e. The van der Waals surface area contributed by atoms with Gasteiger partial charge in [-0.15, -0.1) is 0 Å². The maximum Gasteiger partial charge on any atom is 0.167 e. The lowest BCUT2D eigenvalue weighted by atomic mass is 10.2. The zero-order valence-electron chi connectivity index (χ0n) is 10.5. The van der Waals surface area contributed by atoms with Gasteiger partial charge < -0.3 is 10.1 Å². The van der Waals surface area contributed by atoms with Crippen molar-refractivity contribution in [2.45, 2.75) is 6.54 Å². The summed E-state index contributed by atoms with van der Waals surface area (Å²) in [4.78, 5) is 0. The van der Waals surface area contributed by atoms with Crippen LogP contribution in [0.2, 0.25) is 10.0 Å². The topological polar surface area (TPSA) is 21.3 Å². The van der Waals surface area contributed by atoms with E-state index < -0.39 is 11.6 Å². The fourth-order valence-corrected chi connectivity index (χ4v) is 1.98. The first-order valence-electron chi connectivity index (χ1n) is 5.76. The number of rotatable bonds is 4. The number of hydrogen-bond acceptors (Lipinski definition) is 2. The van der Waals surface area contributed by atoms with Crippen LogP contribution >= 0.6 is 23.2 Å². The summed E-state index contributed by atoms with van der Waals surface area (Å²) < 4.78 is 32.6. The molecule has 2 aromatic rings. The molecule has 1 N–H and O–H groups in total. The molecule has 6 heteroatoms. The molecule has 0 atom stereocenters. The van der Waals surface area contributed by atoms with Gasteiger partial charge in [0.2, 0.25) is 0 Å². The Hall–Kier alpha value is -1.36. The Morgan fingerprint density at radius 3 is 2.45 bits per heavy atom. The van der Waals surface area contributed by atoms with Gasteiger partial charge in [0.15, 0.2) is 11.6 Å². The van der Waals surface area contributed by atoms with Crippen molar-refractivity contribution in [1.29, 1.82) is 0 Å². The predicted octanol–water partition coefficient (Wildman–Crippen LogP) is 4.78. The van der Waals surface area contributed by atoms with Crippen molar-refractivity contribution in [2.75, 3.05) is 7.05 Å². The third-order valence-corrected chi connectivity index (χ3v) is 3.11. The largest absolute Gasteiger partial charge is 0.454 e. The first-order valence-corrected chi connectivity index (χ1v) is 6.52. The van der Waals surface area contributed by atoms with Gasteiger partial charge in [0.05, 0.1) is 5.02 Å². The second-order valence-corrected chi connectivity index (χ2v) is 4.92. The van der Waals surface area contributed by atoms with Crippen LogP contribution < -0.4 is 10.1 Å². The van der Waals surface area contributed by atoms with Crippen LogP contribution in [0.3, 0.4) is 0 Å². The summed E-state index contributed by atoms with van der Waals surface area (Å²) in [6.07, 6.45) is 0. The quantitative estimate of drug-likeness (QED) is 0.876. The minimum absolute atomic E-state index is 0.00516. The molecule has 0 radical (unpaired) electrons. The normalized spacial score (nSPS) is 10.7. The molecule has 106 valence electrons. The molecule has 2 rings (SSSR count). The van der Waals surface area contributed by atoms with E-state index in [1.54, 1.807) is 7.05 Å². The molecular weight excluding hydrogens is 307 g/mol. The van der Waals surface area contributed by atoms with Crippen molar-refractivity contribution >= 4 is 23.2 Å². The first kappa shape index (κ1) is 15.0. The Kier molecular flexibility index (Phi) is 4.81. The third kappa shape index (κ3) is 3.39. The molecule has 0 aromatic heterocycles. The summed E-state index contributed by atoms with van der Waals surface area (Å²) >= 11 is 11.4. The smallest absolute Gasteiger partial charge is 0.167 e. The zero-order chi connectivity index (χ0) is 14.7. The number of halogens is 4. The highest BCUT2D eigenvalue weighted by molar-refractivity contribution is 6.31. The molecule has 0 unspecified atom stereocenters. The summed E-state index contributed by atoms with van der Waals surface area (Å²) in [5, 5.41) is 3.05. The van der Waals surface area contributed by atoms with Gasteiger partial charge in [0.1, 0.15) is 11.6 Å². The van der Waals surface area contributed by atoms with Crippen LogP contribution in [0.1, 0.15) is 5.56 Å². The van der Waals surface area contributed by atoms with Crippen LogP contribution in [0.15, 0.2) is 30.3 Å². The van der Waals surface area contributed by atoms with E-state index in [0.29, 0.717) is 12.1 Å². The molecule has 0 amide bonds. The molecule has 2 nitrogen and oxygen atoms in total. The first-order chi connectivity index (χ1) is 9.51. The molecular formula is C14H11Cl2F2NO. The Balaban J connectivity index is 2.39. The Bertz CT molecular complexity index is 635. The lowest BCUT2D eigenvalue weighted by Gasteiger charge is -2.12. The fourth-order valence-electron chi connectivity index (χ4n) is 1.67. The highest BCUT2D eigenvalue weighted by Crippen LogP contribution is 2.32. The van der Waals surface area contributed by atoms with E-state index in [1.807, 2.05) is 0 Å². The van der Waals surface area contributed by atoms with Gasteiger partial charge in [0, 0.05) is 23.2 Å². The lowest BCUT2D eigenvalue weighted by Crippen LogP contribution is -2.07. The fraction of sp³-hybridized carbons (Fsp3) is 0.143. The van der Waals surface area contributed by atoms with E-state index in [9.17, 15) is 8.78 Å². The van der Waals surface area contributed by atoms with Gasteiger partial charge >= 0.3 is 0 Å². The minimum atomic E-state index is -0.603. The molecule has 0 aliphatic rings. The molecule has 0 heterocycles. The van der Waals surface area contributed by atoms with E-state index in [-0.39, 0.29) is 21.5 Å². The van der Waals surface area contributed by atoms with Gasteiger partial charge in [0.25, 0.3) is 0 Å². The van der Waals surface area contributed by atoms with Crippen molar-refractivity contribution in [3.63, 3.8) is 0 Å². The van der Waals surface area contributed by atoms with Crippen LogP contribution in [0.5, 0.6) is 11.5 Å². The Morgan fingerprint density at radius 1 is 1.05 bits per heavy atom. The van der Waals surface area contributed by atoms with E-state index >= 15 is 0 Å². The molecule has 0 aliphatic heterocycles. The maximum absolute atomic E-state index is 13.7. The number of ether oxygens (including phenoxy) is 1. The number of hydrogen-bond donors (Lipinski definition) is 1. The lowest BCUT2D eigenvalue weighted by molar-refractivity contribution is 0.435. The van der Waals surface area contributed by atoms with Crippen LogP contribution in [0.25, 0.3) is 0 Å². The third-order valence-electron chi connectivity index (χ3n) is 2.58. The monoisotopic (exact) mass is 317 g/mol. The SMILES string of the molecule is CNCc1cc(F)c(Cl)cc1Oc1ccc(Cl)cc1F. The van der Waals surface area contributed by atoms with Crippen molar-refractivity contribution in [1.82, 2.24) is 5.32 Å². The van der Waals surface area contributed by atoms with Crippen molar-refractivity contribution in [2.24, 2.45) is 0 Å². The average molecular weight is 318 g/mol. The van der Waals surface area contributed by atoms with Crippen LogP contribution in [0.4, 0.5) is 8.78 Å². The van der Waals surface area contributed by atoms with E-state index in [2.05, 4.69) is 5.32 Å². The highest BCUT2D eigenvalue weighted by Gasteiger charge is 2.12. The molecule has 0 spiro atoms. The van der Waals surface area contributed by atoms with Gasteiger partial charge in [-0.1, -0.05) is 23.2 Å². The van der Waals surface area contributed by atoms with E-state index in [0.717, 1.165) is 6.07 Å². The van der Waals surface area contributed by atoms with Gasteiger partial charge in [-0.05, 0) is 31.3 Å². The average Bonchev–Trinajstić information content (AvgIpc) is 2.39. The van der Waals surface area contributed by atoms with Crippen molar-refractivity contribution < 1.29 is 13.5 Å². The molecule has 20 heavy (non-hydrogen) atoms. The number of benzene rings is 2. The molecule has 0 bridgehead atoms. The standard InChI is InChI=1S/C14H11Cl2F2NO/c1-19-7-8-4-11(17)10(16)6-14(8)20-13-3-2-9(15)5-12(13)18/h2-6,19H,7H2,1H3. The van der Waals surface area contributed by atoms with E-state index in [1.165, 1.54) is 24.3 Å². The van der Waals surface area contributed by atoms with Gasteiger partial charge in [-0.3, -0.25) is 0 Å². The van der Waals surface area contributed by atoms with Gasteiger partial charge in [-0.25, -0.2) is 8.78 Å². The molecule has 0 saturated heterocycles. The molecule has 2 aromatic carbocycles. The van der Waals surface area contributed by atoms with Crippen LogP contribution in [-0.2, 0) is 6.54 Å². The van der Waals surface area contributed by atoms with Crippen molar-refractivity contribution in [3.8, 4) is 11.5 Å².